The Labute approximate surface area is 111 Å². The number of benzene rings is 1. The van der Waals surface area contributed by atoms with Gasteiger partial charge in [-0.3, -0.25) is 0 Å². The minimum atomic E-state index is 0.177. The van der Waals surface area contributed by atoms with E-state index in [1.165, 1.54) is 11.1 Å². The van der Waals surface area contributed by atoms with Crippen molar-refractivity contribution in [2.75, 3.05) is 6.61 Å². The summed E-state index contributed by atoms with van der Waals surface area (Å²) in [5, 5.41) is 8.88. The van der Waals surface area contributed by atoms with Gasteiger partial charge in [0.25, 0.3) is 0 Å². The third-order valence-electron chi connectivity index (χ3n) is 3.05. The predicted octanol–water partition coefficient (Wildman–Crippen LogP) is 4.28. The molecule has 98 valence electrons. The summed E-state index contributed by atoms with van der Waals surface area (Å²) in [4.78, 5) is 0. The molecular weight excluding hydrogens is 220 g/mol. The summed E-state index contributed by atoms with van der Waals surface area (Å²) in [6, 6.07) is 10.6. The number of aryl methyl sites for hydroxylation is 1. The second-order valence-electron chi connectivity index (χ2n) is 4.82. The molecule has 0 saturated carbocycles. The molecule has 0 amide bonds. The molecule has 1 N–H and O–H groups in total. The molecule has 0 saturated heterocycles. The molecule has 0 aliphatic carbocycles. The number of allylic oxidation sites excluding steroid dienone is 3. The van der Waals surface area contributed by atoms with Crippen molar-refractivity contribution in [2.24, 2.45) is 0 Å². The highest BCUT2D eigenvalue weighted by Gasteiger charge is 1.92. The van der Waals surface area contributed by atoms with Crippen LogP contribution < -0.4 is 0 Å². The van der Waals surface area contributed by atoms with E-state index >= 15 is 0 Å². The van der Waals surface area contributed by atoms with Crippen LogP contribution in [0.25, 0.3) is 0 Å². The second kappa shape index (κ2) is 8.71. The number of hydrogen-bond acceptors (Lipinski definition) is 1. The van der Waals surface area contributed by atoms with Gasteiger partial charge in [0.15, 0.2) is 0 Å². The van der Waals surface area contributed by atoms with Gasteiger partial charge >= 0.3 is 0 Å². The van der Waals surface area contributed by atoms with E-state index in [0.29, 0.717) is 0 Å². The zero-order valence-electron chi connectivity index (χ0n) is 11.5. The monoisotopic (exact) mass is 244 g/mol. The first-order valence-electron chi connectivity index (χ1n) is 6.68. The van der Waals surface area contributed by atoms with Crippen LogP contribution in [0.1, 0.15) is 38.7 Å². The maximum absolute atomic E-state index is 8.88. The summed E-state index contributed by atoms with van der Waals surface area (Å²) in [6.45, 7) is 4.33. The van der Waals surface area contributed by atoms with Crippen LogP contribution in [0.15, 0.2) is 53.6 Å². The van der Waals surface area contributed by atoms with Crippen LogP contribution >= 0.6 is 0 Å². The first kappa shape index (κ1) is 14.7. The summed E-state index contributed by atoms with van der Waals surface area (Å²) < 4.78 is 0. The van der Waals surface area contributed by atoms with E-state index in [9.17, 15) is 0 Å². The molecule has 1 rings (SSSR count). The van der Waals surface area contributed by atoms with Crippen LogP contribution in [-0.2, 0) is 6.42 Å². The molecule has 0 bridgehead atoms. The zero-order valence-corrected chi connectivity index (χ0v) is 11.5. The molecule has 0 fully saturated rings. The van der Waals surface area contributed by atoms with Crippen molar-refractivity contribution in [3.63, 3.8) is 0 Å². The molecule has 1 heteroatoms. The van der Waals surface area contributed by atoms with Crippen molar-refractivity contribution in [3.05, 3.63) is 59.2 Å². The number of hydrogen-bond donors (Lipinski definition) is 1. The van der Waals surface area contributed by atoms with Crippen molar-refractivity contribution in [1.82, 2.24) is 0 Å². The number of aliphatic hydroxyl groups is 1. The summed E-state index contributed by atoms with van der Waals surface area (Å²) in [6.07, 6.45) is 8.79. The molecule has 1 nitrogen and oxygen atoms in total. The highest BCUT2D eigenvalue weighted by Crippen LogP contribution is 2.10. The first-order chi connectivity index (χ1) is 8.72. The number of aliphatic hydroxyl groups excluding tert-OH is 1. The smallest absolute Gasteiger partial charge is 0.0639 e. The molecule has 0 radical (unpaired) electrons. The fraction of sp³-hybridized carbons (Fsp3) is 0.412. The van der Waals surface area contributed by atoms with E-state index in [4.69, 9.17) is 5.11 Å². The van der Waals surface area contributed by atoms with Crippen LogP contribution in [0, 0.1) is 0 Å². The third kappa shape index (κ3) is 6.41. The quantitative estimate of drug-likeness (QED) is 0.710. The molecule has 18 heavy (non-hydrogen) atoms. The lowest BCUT2D eigenvalue weighted by Crippen LogP contribution is -1.85. The van der Waals surface area contributed by atoms with Gasteiger partial charge in [0.05, 0.1) is 6.61 Å². The van der Waals surface area contributed by atoms with Gasteiger partial charge in [0, 0.05) is 0 Å². The van der Waals surface area contributed by atoms with E-state index in [1.54, 1.807) is 0 Å². The van der Waals surface area contributed by atoms with Crippen LogP contribution in [0.5, 0.6) is 0 Å². The standard InChI is InChI=1S/C17H24O/c1-15(8-6-10-16(2)14-18)9-7-13-17-11-4-3-5-12-17/h3-5,9-12,18H,6-8,13-14H2,1-2H3/b15-9?,16-10-. The van der Waals surface area contributed by atoms with Crippen molar-refractivity contribution < 1.29 is 5.11 Å². The van der Waals surface area contributed by atoms with Gasteiger partial charge in [-0.2, -0.15) is 0 Å². The summed E-state index contributed by atoms with van der Waals surface area (Å²) in [5.41, 5.74) is 3.90. The van der Waals surface area contributed by atoms with Crippen LogP contribution in [0.4, 0.5) is 0 Å². The Hall–Kier alpha value is -1.34. The predicted molar refractivity (Wildman–Crippen MR) is 78.6 cm³/mol. The molecule has 1 aromatic carbocycles. The zero-order chi connectivity index (χ0) is 13.2. The van der Waals surface area contributed by atoms with Gasteiger partial charge in [0.1, 0.15) is 0 Å². The maximum Gasteiger partial charge on any atom is 0.0639 e. The Morgan fingerprint density at radius 1 is 1.00 bits per heavy atom. The normalized spacial score (nSPS) is 12.8. The fourth-order valence-corrected chi connectivity index (χ4v) is 1.84. The van der Waals surface area contributed by atoms with Crippen molar-refractivity contribution in [2.45, 2.75) is 39.5 Å². The lowest BCUT2D eigenvalue weighted by molar-refractivity contribution is 0.331. The lowest BCUT2D eigenvalue weighted by Gasteiger charge is -2.01. The first-order valence-corrected chi connectivity index (χ1v) is 6.68. The van der Waals surface area contributed by atoms with Crippen molar-refractivity contribution in [1.29, 1.82) is 0 Å². The van der Waals surface area contributed by atoms with E-state index in [1.807, 2.05) is 6.92 Å². The van der Waals surface area contributed by atoms with E-state index < -0.39 is 0 Å². The SMILES string of the molecule is CC(=CCCc1ccccc1)CC/C=C(/C)CO. The third-order valence-corrected chi connectivity index (χ3v) is 3.05. The highest BCUT2D eigenvalue weighted by atomic mass is 16.3. The molecular formula is C17H24O. The van der Waals surface area contributed by atoms with Crippen molar-refractivity contribution >= 4 is 0 Å². The lowest BCUT2D eigenvalue weighted by atomic mass is 10.1. The van der Waals surface area contributed by atoms with Crippen LogP contribution in [-0.4, -0.2) is 11.7 Å². The summed E-state index contributed by atoms with van der Waals surface area (Å²) in [5.74, 6) is 0. The van der Waals surface area contributed by atoms with Gasteiger partial charge in [-0.1, -0.05) is 53.6 Å². The topological polar surface area (TPSA) is 20.2 Å². The summed E-state index contributed by atoms with van der Waals surface area (Å²) >= 11 is 0. The van der Waals surface area contributed by atoms with E-state index in [2.05, 4.69) is 49.4 Å². The van der Waals surface area contributed by atoms with Crippen molar-refractivity contribution in [3.8, 4) is 0 Å². The Bertz CT molecular complexity index is 387. The van der Waals surface area contributed by atoms with Gasteiger partial charge in [-0.15, -0.1) is 0 Å². The van der Waals surface area contributed by atoms with Gasteiger partial charge in [-0.25, -0.2) is 0 Å². The van der Waals surface area contributed by atoms with Gasteiger partial charge < -0.3 is 5.11 Å². The number of rotatable bonds is 7. The molecule has 0 aliphatic heterocycles. The molecule has 0 spiro atoms. The summed E-state index contributed by atoms with van der Waals surface area (Å²) in [7, 11) is 0. The molecule has 0 heterocycles. The van der Waals surface area contributed by atoms with E-state index in [0.717, 1.165) is 31.3 Å². The Morgan fingerprint density at radius 3 is 2.33 bits per heavy atom. The molecule has 0 aromatic heterocycles. The van der Waals surface area contributed by atoms with Gasteiger partial charge in [-0.05, 0) is 45.1 Å². The minimum absolute atomic E-state index is 0.177. The average molecular weight is 244 g/mol. The van der Waals surface area contributed by atoms with Crippen LogP contribution in [0.3, 0.4) is 0 Å². The van der Waals surface area contributed by atoms with Gasteiger partial charge in [0.2, 0.25) is 0 Å². The fourth-order valence-electron chi connectivity index (χ4n) is 1.84. The second-order valence-corrected chi connectivity index (χ2v) is 4.82. The Morgan fingerprint density at radius 2 is 1.67 bits per heavy atom. The average Bonchev–Trinajstić information content (AvgIpc) is 2.39. The Balaban J connectivity index is 2.26. The van der Waals surface area contributed by atoms with E-state index in [-0.39, 0.29) is 6.61 Å². The molecule has 0 atom stereocenters. The highest BCUT2D eigenvalue weighted by molar-refractivity contribution is 5.15. The molecule has 0 unspecified atom stereocenters. The maximum atomic E-state index is 8.88. The Kier molecular flexibility index (Phi) is 7.12. The minimum Gasteiger partial charge on any atom is -0.392 e. The molecule has 0 aliphatic rings. The molecule has 1 aromatic rings. The largest absolute Gasteiger partial charge is 0.392 e. The van der Waals surface area contributed by atoms with Crippen LogP contribution in [0.2, 0.25) is 0 Å².